The van der Waals surface area contributed by atoms with E-state index in [1.165, 1.54) is 0 Å². The van der Waals surface area contributed by atoms with E-state index in [9.17, 15) is 4.79 Å². The summed E-state index contributed by atoms with van der Waals surface area (Å²) in [6.45, 7) is 9.98. The topological polar surface area (TPSA) is 59.2 Å². The first-order valence-corrected chi connectivity index (χ1v) is 6.41. The van der Waals surface area contributed by atoms with Gasteiger partial charge in [-0.25, -0.2) is 4.98 Å². The van der Waals surface area contributed by atoms with Crippen LogP contribution in [0.5, 0.6) is 0 Å². The third-order valence-electron chi connectivity index (χ3n) is 2.49. The fraction of sp³-hybridized carbons (Fsp3) is 0.571. The SMILES string of the molecule is CC(C)CN(CC(C)C)C(=O)c1ccc(N)nc1. The fourth-order valence-electron chi connectivity index (χ4n) is 1.84. The minimum absolute atomic E-state index is 0.0323. The van der Waals surface area contributed by atoms with Crippen molar-refractivity contribution >= 4 is 11.7 Å². The molecule has 0 bridgehead atoms. The van der Waals surface area contributed by atoms with Crippen molar-refractivity contribution in [2.24, 2.45) is 11.8 Å². The van der Waals surface area contributed by atoms with Gasteiger partial charge in [0.15, 0.2) is 0 Å². The highest BCUT2D eigenvalue weighted by Crippen LogP contribution is 2.10. The molecule has 1 rings (SSSR count). The molecule has 1 heterocycles. The largest absolute Gasteiger partial charge is 0.384 e. The van der Waals surface area contributed by atoms with Gasteiger partial charge < -0.3 is 10.6 Å². The molecule has 0 aliphatic heterocycles. The standard InChI is InChI=1S/C14H23N3O/c1-10(2)8-17(9-11(3)4)14(18)12-5-6-13(15)16-7-12/h5-7,10-11H,8-9H2,1-4H3,(H2,15,16). The normalized spacial score (nSPS) is 11.0. The first kappa shape index (κ1) is 14.5. The number of nitrogens with two attached hydrogens (primary N) is 1. The van der Waals surface area contributed by atoms with Gasteiger partial charge >= 0.3 is 0 Å². The van der Waals surface area contributed by atoms with Crippen LogP contribution in [0.25, 0.3) is 0 Å². The second-order valence-corrected chi connectivity index (χ2v) is 5.47. The Morgan fingerprint density at radius 2 is 1.78 bits per heavy atom. The molecule has 0 spiro atoms. The highest BCUT2D eigenvalue weighted by Gasteiger charge is 2.18. The van der Waals surface area contributed by atoms with Crippen molar-refractivity contribution in [3.63, 3.8) is 0 Å². The van der Waals surface area contributed by atoms with Gasteiger partial charge in [0.2, 0.25) is 0 Å². The number of nitrogens with zero attached hydrogens (tertiary/aromatic N) is 2. The molecule has 0 radical (unpaired) electrons. The van der Waals surface area contributed by atoms with E-state index >= 15 is 0 Å². The highest BCUT2D eigenvalue weighted by molar-refractivity contribution is 5.94. The van der Waals surface area contributed by atoms with Crippen molar-refractivity contribution in [1.82, 2.24) is 9.88 Å². The highest BCUT2D eigenvalue weighted by atomic mass is 16.2. The van der Waals surface area contributed by atoms with Crippen LogP contribution >= 0.6 is 0 Å². The Hall–Kier alpha value is -1.58. The molecule has 0 atom stereocenters. The number of nitrogen functional groups attached to an aromatic ring is 1. The first-order chi connectivity index (χ1) is 8.40. The van der Waals surface area contributed by atoms with Gasteiger partial charge in [-0.05, 0) is 24.0 Å². The summed E-state index contributed by atoms with van der Waals surface area (Å²) in [5.74, 6) is 1.37. The summed E-state index contributed by atoms with van der Waals surface area (Å²) in [4.78, 5) is 18.2. The molecule has 0 aliphatic carbocycles. The number of anilines is 1. The lowest BCUT2D eigenvalue weighted by Gasteiger charge is -2.26. The predicted octanol–water partition coefficient (Wildman–Crippen LogP) is 2.42. The van der Waals surface area contributed by atoms with E-state index in [-0.39, 0.29) is 5.91 Å². The average molecular weight is 249 g/mol. The van der Waals surface area contributed by atoms with Gasteiger partial charge in [-0.1, -0.05) is 27.7 Å². The summed E-state index contributed by atoms with van der Waals surface area (Å²) in [6, 6.07) is 3.40. The lowest BCUT2D eigenvalue weighted by atomic mass is 10.1. The van der Waals surface area contributed by atoms with Crippen molar-refractivity contribution in [1.29, 1.82) is 0 Å². The third-order valence-corrected chi connectivity index (χ3v) is 2.49. The van der Waals surface area contributed by atoms with E-state index in [1.807, 2.05) is 4.90 Å². The zero-order valence-electron chi connectivity index (χ0n) is 11.7. The maximum atomic E-state index is 12.4. The lowest BCUT2D eigenvalue weighted by Crippen LogP contribution is -2.37. The number of aromatic nitrogens is 1. The van der Waals surface area contributed by atoms with Gasteiger partial charge in [0.1, 0.15) is 5.82 Å². The van der Waals surface area contributed by atoms with E-state index in [2.05, 4.69) is 32.7 Å². The van der Waals surface area contributed by atoms with Crippen LogP contribution < -0.4 is 5.73 Å². The van der Waals surface area contributed by atoms with E-state index in [0.29, 0.717) is 23.2 Å². The second-order valence-electron chi connectivity index (χ2n) is 5.47. The van der Waals surface area contributed by atoms with Gasteiger partial charge in [0, 0.05) is 19.3 Å². The number of rotatable bonds is 5. The summed E-state index contributed by atoms with van der Waals surface area (Å²) in [5, 5.41) is 0. The van der Waals surface area contributed by atoms with Gasteiger partial charge in [-0.2, -0.15) is 0 Å². The van der Waals surface area contributed by atoms with Gasteiger partial charge in [-0.3, -0.25) is 4.79 Å². The van der Waals surface area contributed by atoms with Crippen LogP contribution in [0.4, 0.5) is 5.82 Å². The third kappa shape index (κ3) is 4.35. The molecule has 1 aromatic rings. The molecule has 4 nitrogen and oxygen atoms in total. The van der Waals surface area contributed by atoms with Crippen LogP contribution in [0.2, 0.25) is 0 Å². The number of hydrogen-bond donors (Lipinski definition) is 1. The lowest BCUT2D eigenvalue weighted by molar-refractivity contribution is 0.0715. The summed E-state index contributed by atoms with van der Waals surface area (Å²) < 4.78 is 0. The smallest absolute Gasteiger partial charge is 0.255 e. The van der Waals surface area contributed by atoms with E-state index in [4.69, 9.17) is 5.73 Å². The second kappa shape index (κ2) is 6.38. The molecule has 2 N–H and O–H groups in total. The molecule has 0 saturated carbocycles. The van der Waals surface area contributed by atoms with Crippen molar-refractivity contribution < 1.29 is 4.79 Å². The van der Waals surface area contributed by atoms with Gasteiger partial charge in [-0.15, -0.1) is 0 Å². The molecule has 18 heavy (non-hydrogen) atoms. The Morgan fingerprint density at radius 3 is 2.17 bits per heavy atom. The summed E-state index contributed by atoms with van der Waals surface area (Å²) in [7, 11) is 0. The Kier molecular flexibility index (Phi) is 5.13. The molecule has 0 saturated heterocycles. The number of amides is 1. The van der Waals surface area contributed by atoms with Crippen LogP contribution in [0.3, 0.4) is 0 Å². The maximum absolute atomic E-state index is 12.4. The minimum atomic E-state index is 0.0323. The van der Waals surface area contributed by atoms with Crippen LogP contribution in [0.1, 0.15) is 38.1 Å². The molecular weight excluding hydrogens is 226 g/mol. The molecular formula is C14H23N3O. The van der Waals surface area contributed by atoms with E-state index < -0.39 is 0 Å². The summed E-state index contributed by atoms with van der Waals surface area (Å²) >= 11 is 0. The molecule has 0 aromatic carbocycles. The zero-order chi connectivity index (χ0) is 13.7. The van der Waals surface area contributed by atoms with Crippen LogP contribution in [0.15, 0.2) is 18.3 Å². The Bertz CT molecular complexity index is 375. The minimum Gasteiger partial charge on any atom is -0.384 e. The first-order valence-electron chi connectivity index (χ1n) is 6.41. The Labute approximate surface area is 109 Å². The van der Waals surface area contributed by atoms with Crippen molar-refractivity contribution in [3.8, 4) is 0 Å². The summed E-state index contributed by atoms with van der Waals surface area (Å²) in [5.41, 5.74) is 6.13. The molecule has 0 aliphatic rings. The van der Waals surface area contributed by atoms with Crippen LogP contribution in [-0.4, -0.2) is 28.9 Å². The molecule has 1 amide bonds. The molecule has 0 fully saturated rings. The maximum Gasteiger partial charge on any atom is 0.255 e. The Morgan fingerprint density at radius 1 is 1.22 bits per heavy atom. The molecule has 1 aromatic heterocycles. The van der Waals surface area contributed by atoms with Gasteiger partial charge in [0.25, 0.3) is 5.91 Å². The van der Waals surface area contributed by atoms with E-state index in [1.54, 1.807) is 18.3 Å². The van der Waals surface area contributed by atoms with Crippen LogP contribution in [0, 0.1) is 11.8 Å². The number of pyridine rings is 1. The monoisotopic (exact) mass is 249 g/mol. The van der Waals surface area contributed by atoms with Gasteiger partial charge in [0.05, 0.1) is 5.56 Å². The number of carbonyl (C=O) groups is 1. The molecule has 100 valence electrons. The zero-order valence-corrected chi connectivity index (χ0v) is 11.7. The average Bonchev–Trinajstić information content (AvgIpc) is 2.27. The number of carbonyl (C=O) groups excluding carboxylic acids is 1. The Balaban J connectivity index is 2.83. The fourth-order valence-corrected chi connectivity index (χ4v) is 1.84. The molecule has 4 heteroatoms. The summed E-state index contributed by atoms with van der Waals surface area (Å²) in [6.07, 6.45) is 1.55. The predicted molar refractivity (Wildman–Crippen MR) is 74.2 cm³/mol. The quantitative estimate of drug-likeness (QED) is 0.871. The van der Waals surface area contributed by atoms with Crippen molar-refractivity contribution in [2.75, 3.05) is 18.8 Å². The molecule has 0 unspecified atom stereocenters. The van der Waals surface area contributed by atoms with Crippen LogP contribution in [-0.2, 0) is 0 Å². The van der Waals surface area contributed by atoms with Crippen molar-refractivity contribution in [2.45, 2.75) is 27.7 Å². The van der Waals surface area contributed by atoms with Crippen molar-refractivity contribution in [3.05, 3.63) is 23.9 Å². The van der Waals surface area contributed by atoms with E-state index in [0.717, 1.165) is 13.1 Å². The number of hydrogen-bond acceptors (Lipinski definition) is 3.